The van der Waals surface area contributed by atoms with E-state index in [-0.39, 0.29) is 12.5 Å². The van der Waals surface area contributed by atoms with Crippen molar-refractivity contribution in [3.63, 3.8) is 0 Å². The van der Waals surface area contributed by atoms with E-state index >= 15 is 0 Å². The summed E-state index contributed by atoms with van der Waals surface area (Å²) >= 11 is 0. The zero-order valence-corrected chi connectivity index (χ0v) is 15.3. The van der Waals surface area contributed by atoms with Gasteiger partial charge in [-0.05, 0) is 65.8 Å². The largest absolute Gasteiger partial charge is 0.494 e. The third kappa shape index (κ3) is 5.76. The summed E-state index contributed by atoms with van der Waals surface area (Å²) in [4.78, 5) is 25.2. The highest BCUT2D eigenvalue weighted by Crippen LogP contribution is 2.19. The molecule has 0 bridgehead atoms. The summed E-state index contributed by atoms with van der Waals surface area (Å²) in [6.07, 6.45) is -1.01. The highest BCUT2D eigenvalue weighted by molar-refractivity contribution is 5.94. The Hall–Kier alpha value is -2.24. The Kier molecular flexibility index (Phi) is 6.23. The molecular formula is C18H28N2O4. The first-order valence-electron chi connectivity index (χ1n) is 8.02. The molecule has 0 spiro atoms. The van der Waals surface area contributed by atoms with Crippen LogP contribution >= 0.6 is 0 Å². The number of carbonyl (C=O) groups excluding carboxylic acids is 1. The summed E-state index contributed by atoms with van der Waals surface area (Å²) in [6.45, 7) is 11.7. The van der Waals surface area contributed by atoms with Crippen LogP contribution in [-0.4, -0.2) is 46.2 Å². The molecule has 0 unspecified atom stereocenters. The van der Waals surface area contributed by atoms with Crippen molar-refractivity contribution in [3.8, 4) is 5.75 Å². The lowest BCUT2D eigenvalue weighted by atomic mass is 9.99. The summed E-state index contributed by atoms with van der Waals surface area (Å²) in [5, 5.41) is 12.3. The van der Waals surface area contributed by atoms with Gasteiger partial charge in [0.2, 0.25) is 0 Å². The molecule has 0 aliphatic carbocycles. The number of carbonyl (C=O) groups is 2. The second-order valence-corrected chi connectivity index (χ2v) is 7.33. The van der Waals surface area contributed by atoms with Crippen LogP contribution in [-0.2, 0) is 0 Å². The molecule has 0 aromatic heterocycles. The third-order valence-electron chi connectivity index (χ3n) is 3.47. The first-order chi connectivity index (χ1) is 11.0. The Bertz CT molecular complexity index is 574. The molecule has 24 heavy (non-hydrogen) atoms. The van der Waals surface area contributed by atoms with Crippen LogP contribution in [0.4, 0.5) is 4.79 Å². The van der Waals surface area contributed by atoms with Crippen molar-refractivity contribution in [2.45, 2.75) is 52.6 Å². The number of amides is 2. The molecular weight excluding hydrogens is 308 g/mol. The molecule has 1 aromatic rings. The van der Waals surface area contributed by atoms with Gasteiger partial charge in [-0.25, -0.2) is 4.79 Å². The number of rotatable bonds is 6. The highest BCUT2D eigenvalue weighted by Gasteiger charge is 2.33. The fraction of sp³-hybridized carbons (Fsp3) is 0.556. The zero-order chi connectivity index (χ0) is 18.5. The Morgan fingerprint density at radius 1 is 1.12 bits per heavy atom. The van der Waals surface area contributed by atoms with Crippen molar-refractivity contribution in [2.75, 3.05) is 13.2 Å². The van der Waals surface area contributed by atoms with Crippen molar-refractivity contribution in [1.82, 2.24) is 10.2 Å². The molecule has 0 heterocycles. The Morgan fingerprint density at radius 2 is 1.67 bits per heavy atom. The van der Waals surface area contributed by atoms with Gasteiger partial charge < -0.3 is 20.1 Å². The monoisotopic (exact) mass is 336 g/mol. The lowest BCUT2D eigenvalue weighted by Gasteiger charge is -2.39. The number of nitrogens with one attached hydrogen (secondary N) is 1. The highest BCUT2D eigenvalue weighted by atomic mass is 16.5. The molecule has 2 N–H and O–H groups in total. The van der Waals surface area contributed by atoms with Crippen molar-refractivity contribution in [2.24, 2.45) is 0 Å². The summed E-state index contributed by atoms with van der Waals surface area (Å²) < 4.78 is 5.35. The van der Waals surface area contributed by atoms with Gasteiger partial charge in [-0.1, -0.05) is 0 Å². The fourth-order valence-corrected chi connectivity index (χ4v) is 2.28. The zero-order valence-electron chi connectivity index (χ0n) is 15.3. The summed E-state index contributed by atoms with van der Waals surface area (Å²) in [7, 11) is 0. The molecule has 0 aliphatic heterocycles. The normalized spacial score (nSPS) is 11.8. The molecule has 6 heteroatoms. The molecule has 1 rings (SSSR count). The van der Waals surface area contributed by atoms with E-state index < -0.39 is 17.2 Å². The quantitative estimate of drug-likeness (QED) is 0.835. The van der Waals surface area contributed by atoms with Crippen LogP contribution in [0.1, 0.15) is 51.9 Å². The van der Waals surface area contributed by atoms with E-state index in [2.05, 4.69) is 5.32 Å². The number of benzene rings is 1. The van der Waals surface area contributed by atoms with Gasteiger partial charge in [0.25, 0.3) is 5.91 Å². The lowest BCUT2D eigenvalue weighted by molar-refractivity contribution is 0.0723. The van der Waals surface area contributed by atoms with Crippen LogP contribution in [0.3, 0.4) is 0 Å². The van der Waals surface area contributed by atoms with Gasteiger partial charge in [-0.15, -0.1) is 0 Å². The minimum atomic E-state index is -1.01. The van der Waals surface area contributed by atoms with E-state index in [1.54, 1.807) is 38.1 Å². The van der Waals surface area contributed by atoms with Crippen molar-refractivity contribution in [3.05, 3.63) is 29.8 Å². The molecule has 0 saturated heterocycles. The second-order valence-electron chi connectivity index (χ2n) is 7.33. The molecule has 0 aliphatic rings. The van der Waals surface area contributed by atoms with Crippen LogP contribution in [0.5, 0.6) is 5.75 Å². The van der Waals surface area contributed by atoms with Crippen LogP contribution in [0.2, 0.25) is 0 Å². The number of nitrogens with zero attached hydrogens (tertiary/aromatic N) is 1. The van der Waals surface area contributed by atoms with Crippen molar-refractivity contribution >= 4 is 12.0 Å². The standard InChI is InChI=1S/C18H28N2O4/c1-7-24-14-10-8-13(9-11-14)15(21)19-18(5,6)12-20(16(22)23)17(2,3)4/h8-11H,7,12H2,1-6H3,(H,19,21)(H,22,23). The van der Waals surface area contributed by atoms with Crippen LogP contribution < -0.4 is 10.1 Å². The van der Waals surface area contributed by atoms with E-state index in [4.69, 9.17) is 4.74 Å². The Balaban J connectivity index is 2.81. The first kappa shape index (κ1) is 19.8. The average Bonchev–Trinajstić information content (AvgIpc) is 2.44. The Labute approximate surface area is 143 Å². The number of ether oxygens (including phenoxy) is 1. The van der Waals surface area contributed by atoms with Crippen molar-refractivity contribution in [1.29, 1.82) is 0 Å². The lowest BCUT2D eigenvalue weighted by Crippen LogP contribution is -2.57. The number of hydrogen-bond acceptors (Lipinski definition) is 3. The summed E-state index contributed by atoms with van der Waals surface area (Å²) in [5.74, 6) is 0.459. The minimum absolute atomic E-state index is 0.189. The minimum Gasteiger partial charge on any atom is -0.494 e. The maximum atomic E-state index is 12.4. The van der Waals surface area contributed by atoms with Gasteiger partial charge in [0.1, 0.15) is 5.75 Å². The van der Waals surface area contributed by atoms with E-state index in [0.717, 1.165) is 0 Å². The average molecular weight is 336 g/mol. The van der Waals surface area contributed by atoms with Crippen LogP contribution in [0.25, 0.3) is 0 Å². The predicted octanol–water partition coefficient (Wildman–Crippen LogP) is 3.37. The van der Waals surface area contributed by atoms with Gasteiger partial charge >= 0.3 is 6.09 Å². The SMILES string of the molecule is CCOc1ccc(C(=O)NC(C)(C)CN(C(=O)O)C(C)(C)C)cc1. The summed E-state index contributed by atoms with van der Waals surface area (Å²) in [6, 6.07) is 6.86. The van der Waals surface area contributed by atoms with Crippen molar-refractivity contribution < 1.29 is 19.4 Å². The fourth-order valence-electron chi connectivity index (χ4n) is 2.28. The molecule has 1 aromatic carbocycles. The van der Waals surface area contributed by atoms with Gasteiger partial charge in [0.05, 0.1) is 12.1 Å². The van der Waals surface area contributed by atoms with Gasteiger partial charge in [0, 0.05) is 17.6 Å². The summed E-state index contributed by atoms with van der Waals surface area (Å²) in [5.41, 5.74) is -0.752. The van der Waals surface area contributed by atoms with E-state index in [9.17, 15) is 14.7 Å². The van der Waals surface area contributed by atoms with E-state index in [1.807, 2.05) is 27.7 Å². The number of carboxylic acid groups (broad SMARTS) is 1. The molecule has 0 saturated carbocycles. The maximum absolute atomic E-state index is 12.4. The van der Waals surface area contributed by atoms with Crippen LogP contribution in [0.15, 0.2) is 24.3 Å². The molecule has 6 nitrogen and oxygen atoms in total. The predicted molar refractivity (Wildman–Crippen MR) is 93.6 cm³/mol. The molecule has 0 radical (unpaired) electrons. The Morgan fingerprint density at radius 3 is 2.08 bits per heavy atom. The van der Waals surface area contributed by atoms with Gasteiger partial charge in [-0.3, -0.25) is 4.79 Å². The molecule has 134 valence electrons. The topological polar surface area (TPSA) is 78.9 Å². The van der Waals surface area contributed by atoms with Gasteiger partial charge in [0.15, 0.2) is 0 Å². The smallest absolute Gasteiger partial charge is 0.407 e. The third-order valence-corrected chi connectivity index (χ3v) is 3.47. The van der Waals surface area contributed by atoms with Gasteiger partial charge in [-0.2, -0.15) is 0 Å². The maximum Gasteiger partial charge on any atom is 0.407 e. The second kappa shape index (κ2) is 7.55. The molecule has 0 fully saturated rings. The van der Waals surface area contributed by atoms with E-state index in [1.165, 1.54) is 4.90 Å². The molecule has 2 amide bonds. The first-order valence-corrected chi connectivity index (χ1v) is 8.02. The number of hydrogen-bond donors (Lipinski definition) is 2. The van der Waals surface area contributed by atoms with Crippen LogP contribution in [0, 0.1) is 0 Å². The molecule has 0 atom stereocenters. The van der Waals surface area contributed by atoms with E-state index in [0.29, 0.717) is 17.9 Å².